The van der Waals surface area contributed by atoms with Gasteiger partial charge in [0.25, 0.3) is 0 Å². The van der Waals surface area contributed by atoms with Gasteiger partial charge in [-0.05, 0) is 12.1 Å². The fourth-order valence-electron chi connectivity index (χ4n) is 2.14. The zero-order valence-electron chi connectivity index (χ0n) is 11.1. The molecule has 3 rings (SSSR count). The minimum absolute atomic E-state index is 0.271. The predicted octanol–water partition coefficient (Wildman–Crippen LogP) is 1.64. The van der Waals surface area contributed by atoms with Crippen molar-refractivity contribution in [2.45, 2.75) is 0 Å². The maximum absolute atomic E-state index is 5.80. The van der Waals surface area contributed by atoms with Gasteiger partial charge in [-0.3, -0.25) is 0 Å². The second-order valence-electron chi connectivity index (χ2n) is 4.56. The molecule has 0 unspecified atom stereocenters. The summed E-state index contributed by atoms with van der Waals surface area (Å²) in [5, 5.41) is 3.24. The normalized spacial score (nSPS) is 15.1. The van der Waals surface area contributed by atoms with Gasteiger partial charge >= 0.3 is 0 Å². The number of rotatable bonds is 3. The predicted molar refractivity (Wildman–Crippen MR) is 79.2 cm³/mol. The maximum Gasteiger partial charge on any atom is 0.223 e. The summed E-state index contributed by atoms with van der Waals surface area (Å²) in [4.78, 5) is 10.7. The molecule has 0 saturated carbocycles. The smallest absolute Gasteiger partial charge is 0.223 e. The van der Waals surface area contributed by atoms with E-state index in [4.69, 9.17) is 10.5 Å². The van der Waals surface area contributed by atoms with Gasteiger partial charge in [0.15, 0.2) is 0 Å². The highest BCUT2D eigenvalue weighted by molar-refractivity contribution is 5.61. The molecule has 1 fully saturated rings. The molecule has 1 aromatic heterocycles. The Kier molecular flexibility index (Phi) is 3.64. The van der Waals surface area contributed by atoms with Crippen molar-refractivity contribution in [2.75, 3.05) is 42.3 Å². The van der Waals surface area contributed by atoms with Gasteiger partial charge in [-0.2, -0.15) is 9.97 Å². The first-order valence-corrected chi connectivity index (χ1v) is 6.60. The van der Waals surface area contributed by atoms with Crippen LogP contribution in [0.2, 0.25) is 0 Å². The van der Waals surface area contributed by atoms with Gasteiger partial charge in [-0.1, -0.05) is 18.2 Å². The van der Waals surface area contributed by atoms with E-state index in [0.717, 1.165) is 24.6 Å². The summed E-state index contributed by atoms with van der Waals surface area (Å²) in [5.41, 5.74) is 6.77. The van der Waals surface area contributed by atoms with Crippen molar-refractivity contribution < 1.29 is 4.74 Å². The molecule has 1 aliphatic heterocycles. The second-order valence-corrected chi connectivity index (χ2v) is 4.56. The van der Waals surface area contributed by atoms with Crippen LogP contribution in [0, 0.1) is 0 Å². The van der Waals surface area contributed by atoms with Crippen LogP contribution in [0.15, 0.2) is 36.4 Å². The third-order valence-electron chi connectivity index (χ3n) is 3.11. The highest BCUT2D eigenvalue weighted by Gasteiger charge is 2.14. The molecule has 1 aliphatic rings. The van der Waals surface area contributed by atoms with Crippen molar-refractivity contribution in [3.05, 3.63) is 36.4 Å². The number of nitrogens with two attached hydrogens (primary N) is 1. The number of hydrogen-bond donors (Lipinski definition) is 2. The van der Waals surface area contributed by atoms with Crippen molar-refractivity contribution in [1.29, 1.82) is 0 Å². The van der Waals surface area contributed by atoms with Crippen LogP contribution in [0.4, 0.5) is 23.3 Å². The van der Waals surface area contributed by atoms with E-state index in [0.29, 0.717) is 19.0 Å². The van der Waals surface area contributed by atoms with E-state index in [1.54, 1.807) is 0 Å². The molecule has 1 saturated heterocycles. The molecule has 0 amide bonds. The van der Waals surface area contributed by atoms with Crippen LogP contribution in [0.1, 0.15) is 0 Å². The largest absolute Gasteiger partial charge is 0.378 e. The molecule has 0 aliphatic carbocycles. The number of aromatic nitrogens is 2. The number of benzene rings is 1. The molecule has 2 heterocycles. The van der Waals surface area contributed by atoms with Crippen molar-refractivity contribution >= 4 is 23.3 Å². The SMILES string of the molecule is Nc1nc(Nc2ccccc2)cc(N2CCOCC2)n1. The lowest BCUT2D eigenvalue weighted by atomic mass is 10.3. The van der Waals surface area contributed by atoms with E-state index < -0.39 is 0 Å². The van der Waals surface area contributed by atoms with Crippen molar-refractivity contribution in [3.8, 4) is 0 Å². The second kappa shape index (κ2) is 5.75. The summed E-state index contributed by atoms with van der Waals surface area (Å²) >= 11 is 0. The maximum atomic E-state index is 5.80. The first-order valence-electron chi connectivity index (χ1n) is 6.60. The van der Waals surface area contributed by atoms with Crippen molar-refractivity contribution in [2.24, 2.45) is 0 Å². The van der Waals surface area contributed by atoms with E-state index in [1.807, 2.05) is 36.4 Å². The Bertz CT molecular complexity index is 569. The molecular formula is C14H17N5O. The summed E-state index contributed by atoms with van der Waals surface area (Å²) in [5.74, 6) is 1.80. The minimum atomic E-state index is 0.271. The number of nitrogens with one attached hydrogen (secondary N) is 1. The summed E-state index contributed by atoms with van der Waals surface area (Å²) in [7, 11) is 0. The Morgan fingerprint density at radius 1 is 1.10 bits per heavy atom. The number of morpholine rings is 1. The van der Waals surface area contributed by atoms with E-state index in [2.05, 4.69) is 20.2 Å². The Hall–Kier alpha value is -2.34. The molecule has 6 nitrogen and oxygen atoms in total. The minimum Gasteiger partial charge on any atom is -0.378 e. The average Bonchev–Trinajstić information content (AvgIpc) is 2.49. The third-order valence-corrected chi connectivity index (χ3v) is 3.11. The fraction of sp³-hybridized carbons (Fsp3) is 0.286. The van der Waals surface area contributed by atoms with Gasteiger partial charge in [0.2, 0.25) is 5.95 Å². The molecule has 0 spiro atoms. The van der Waals surface area contributed by atoms with Gasteiger partial charge in [0.1, 0.15) is 11.6 Å². The zero-order chi connectivity index (χ0) is 13.8. The van der Waals surface area contributed by atoms with Gasteiger partial charge in [-0.15, -0.1) is 0 Å². The van der Waals surface area contributed by atoms with Gasteiger partial charge < -0.3 is 20.7 Å². The van der Waals surface area contributed by atoms with Crippen LogP contribution in [-0.4, -0.2) is 36.3 Å². The summed E-state index contributed by atoms with van der Waals surface area (Å²) in [6.07, 6.45) is 0. The third kappa shape index (κ3) is 2.97. The van der Waals surface area contributed by atoms with Crippen LogP contribution < -0.4 is 16.0 Å². The summed E-state index contributed by atoms with van der Waals surface area (Å²) in [6, 6.07) is 11.8. The standard InChI is InChI=1S/C14H17N5O/c15-14-17-12(16-11-4-2-1-3-5-11)10-13(18-14)19-6-8-20-9-7-19/h1-5,10H,6-9H2,(H3,15,16,17,18). The fourth-order valence-corrected chi connectivity index (χ4v) is 2.14. The molecule has 104 valence electrons. The number of anilines is 4. The average molecular weight is 271 g/mol. The molecule has 20 heavy (non-hydrogen) atoms. The molecule has 6 heteroatoms. The van der Waals surface area contributed by atoms with Gasteiger partial charge in [0, 0.05) is 24.8 Å². The molecule has 3 N–H and O–H groups in total. The molecular weight excluding hydrogens is 254 g/mol. The number of nitrogen functional groups attached to an aromatic ring is 1. The molecule has 1 aromatic carbocycles. The van der Waals surface area contributed by atoms with Crippen LogP contribution in [0.25, 0.3) is 0 Å². The van der Waals surface area contributed by atoms with Gasteiger partial charge in [0.05, 0.1) is 13.2 Å². The molecule has 0 radical (unpaired) electrons. The number of hydrogen-bond acceptors (Lipinski definition) is 6. The summed E-state index contributed by atoms with van der Waals surface area (Å²) < 4.78 is 5.35. The van der Waals surface area contributed by atoms with Crippen LogP contribution in [0.3, 0.4) is 0 Å². The summed E-state index contributed by atoms with van der Waals surface area (Å²) in [6.45, 7) is 3.07. The lowest BCUT2D eigenvalue weighted by molar-refractivity contribution is 0.122. The van der Waals surface area contributed by atoms with E-state index in [1.165, 1.54) is 0 Å². The molecule has 2 aromatic rings. The Morgan fingerprint density at radius 3 is 2.60 bits per heavy atom. The number of nitrogens with zero attached hydrogens (tertiary/aromatic N) is 3. The number of para-hydroxylation sites is 1. The van der Waals surface area contributed by atoms with Crippen LogP contribution >= 0.6 is 0 Å². The van der Waals surface area contributed by atoms with Crippen molar-refractivity contribution in [3.63, 3.8) is 0 Å². The van der Waals surface area contributed by atoms with Crippen LogP contribution in [0.5, 0.6) is 0 Å². The Balaban J connectivity index is 1.82. The first kappa shape index (κ1) is 12.7. The van der Waals surface area contributed by atoms with E-state index >= 15 is 0 Å². The lowest BCUT2D eigenvalue weighted by Gasteiger charge is -2.28. The highest BCUT2D eigenvalue weighted by Crippen LogP contribution is 2.21. The Labute approximate surface area is 117 Å². The van der Waals surface area contributed by atoms with Crippen LogP contribution in [-0.2, 0) is 4.74 Å². The Morgan fingerprint density at radius 2 is 1.85 bits per heavy atom. The number of ether oxygens (including phenoxy) is 1. The van der Waals surface area contributed by atoms with E-state index in [-0.39, 0.29) is 5.95 Å². The first-order chi connectivity index (χ1) is 9.81. The monoisotopic (exact) mass is 271 g/mol. The highest BCUT2D eigenvalue weighted by atomic mass is 16.5. The quantitative estimate of drug-likeness (QED) is 0.883. The lowest BCUT2D eigenvalue weighted by Crippen LogP contribution is -2.36. The van der Waals surface area contributed by atoms with E-state index in [9.17, 15) is 0 Å². The zero-order valence-corrected chi connectivity index (χ0v) is 11.1. The van der Waals surface area contributed by atoms with Gasteiger partial charge in [-0.25, -0.2) is 0 Å². The van der Waals surface area contributed by atoms with Crippen molar-refractivity contribution in [1.82, 2.24) is 9.97 Å². The molecule has 0 bridgehead atoms. The topological polar surface area (TPSA) is 76.3 Å². The molecule has 0 atom stereocenters.